The summed E-state index contributed by atoms with van der Waals surface area (Å²) in [6.07, 6.45) is 8.59. The third-order valence-electron chi connectivity index (χ3n) is 4.37. The predicted octanol–water partition coefficient (Wildman–Crippen LogP) is 7.00. The summed E-state index contributed by atoms with van der Waals surface area (Å²) < 4.78 is 1.67. The van der Waals surface area contributed by atoms with E-state index in [-0.39, 0.29) is 0 Å². The maximum Gasteiger partial charge on any atom is 0.0596 e. The van der Waals surface area contributed by atoms with Gasteiger partial charge in [-0.05, 0) is 24.3 Å². The van der Waals surface area contributed by atoms with Crippen molar-refractivity contribution in [2.24, 2.45) is 0 Å². The van der Waals surface area contributed by atoms with Crippen molar-refractivity contribution >= 4 is 95.8 Å². The molecule has 0 aromatic heterocycles. The van der Waals surface area contributed by atoms with Gasteiger partial charge in [-0.25, -0.2) is 0 Å². The lowest BCUT2D eigenvalue weighted by Gasteiger charge is -2.09. The van der Waals surface area contributed by atoms with Gasteiger partial charge in [-0.3, -0.25) is 0 Å². The molecule has 8 heteroatoms. The van der Waals surface area contributed by atoms with Crippen LogP contribution in [-0.4, -0.2) is 65.7 Å². The topological polar surface area (TPSA) is 0 Å². The molecule has 26 heavy (non-hydrogen) atoms. The first-order valence-electron chi connectivity index (χ1n) is 9.73. The number of unbranched alkanes of at least 4 members (excludes halogenated alkanes) is 5. The zero-order chi connectivity index (χ0) is 18.5. The number of rotatable bonds is 15. The van der Waals surface area contributed by atoms with Gasteiger partial charge in [-0.1, -0.05) is 25.7 Å². The highest BCUT2D eigenvalue weighted by Gasteiger charge is 2.25. The zero-order valence-corrected chi connectivity index (χ0v) is 22.2. The summed E-state index contributed by atoms with van der Waals surface area (Å²) in [6.45, 7) is 0. The molecule has 2 heterocycles. The fourth-order valence-electron chi connectivity index (χ4n) is 2.86. The second-order valence-electron chi connectivity index (χ2n) is 6.68. The molecule has 0 aromatic carbocycles. The Balaban J connectivity index is 1.27. The van der Waals surface area contributed by atoms with E-state index in [9.17, 15) is 0 Å². The fourth-order valence-corrected chi connectivity index (χ4v) is 13.3. The van der Waals surface area contributed by atoms with Gasteiger partial charge in [0.15, 0.2) is 0 Å². The van der Waals surface area contributed by atoms with Crippen molar-refractivity contribution in [1.29, 1.82) is 0 Å². The predicted molar refractivity (Wildman–Crippen MR) is 145 cm³/mol. The van der Waals surface area contributed by atoms with Gasteiger partial charge < -0.3 is 0 Å². The third-order valence-corrected chi connectivity index (χ3v) is 15.4. The van der Waals surface area contributed by atoms with Crippen LogP contribution in [0.1, 0.15) is 38.5 Å². The molecule has 2 aliphatic heterocycles. The van der Waals surface area contributed by atoms with Crippen molar-refractivity contribution in [2.75, 3.05) is 46.0 Å². The van der Waals surface area contributed by atoms with Crippen LogP contribution in [0.2, 0.25) is 0 Å². The SMILES string of the molecule is SCC1CSC(CSCCCCCCCCSCC2SCC(CS)S2)S1. The van der Waals surface area contributed by atoms with Crippen molar-refractivity contribution in [3.63, 3.8) is 0 Å². The maximum absolute atomic E-state index is 4.42. The Morgan fingerprint density at radius 3 is 1.46 bits per heavy atom. The van der Waals surface area contributed by atoms with E-state index in [4.69, 9.17) is 0 Å². The minimum absolute atomic E-state index is 0.799. The van der Waals surface area contributed by atoms with Crippen molar-refractivity contribution < 1.29 is 0 Å². The van der Waals surface area contributed by atoms with Crippen molar-refractivity contribution in [3.05, 3.63) is 0 Å². The molecule has 0 nitrogen and oxygen atoms in total. The normalized spacial score (nSPS) is 28.8. The average molecular weight is 507 g/mol. The highest BCUT2D eigenvalue weighted by Crippen LogP contribution is 2.40. The molecule has 4 atom stereocenters. The second-order valence-corrected chi connectivity index (χ2v) is 15.8. The lowest BCUT2D eigenvalue weighted by Crippen LogP contribution is -2.03. The van der Waals surface area contributed by atoms with Gasteiger partial charge in [-0.2, -0.15) is 48.8 Å². The van der Waals surface area contributed by atoms with Crippen LogP contribution in [0.25, 0.3) is 0 Å². The largest absolute Gasteiger partial charge is 0.178 e. The molecule has 0 aromatic rings. The standard InChI is InChI=1S/C18H34S8/c19-9-15-11-23-17(25-15)13-21-7-5-3-1-2-4-6-8-22-14-18-24-12-16(10-20)26-18/h15-20H,1-14H2. The summed E-state index contributed by atoms with van der Waals surface area (Å²) in [5, 5.41) is 1.60. The van der Waals surface area contributed by atoms with Crippen molar-refractivity contribution in [2.45, 2.75) is 58.2 Å². The monoisotopic (exact) mass is 506 g/mol. The van der Waals surface area contributed by atoms with Crippen LogP contribution in [0.4, 0.5) is 0 Å². The van der Waals surface area contributed by atoms with Gasteiger partial charge in [0.2, 0.25) is 0 Å². The lowest BCUT2D eigenvalue weighted by molar-refractivity contribution is 0.629. The molecule has 2 saturated heterocycles. The Labute approximate surface area is 198 Å². The van der Waals surface area contributed by atoms with Crippen LogP contribution in [0.5, 0.6) is 0 Å². The van der Waals surface area contributed by atoms with Crippen LogP contribution >= 0.6 is 95.8 Å². The van der Waals surface area contributed by atoms with Gasteiger partial charge in [0.05, 0.1) is 9.16 Å². The van der Waals surface area contributed by atoms with E-state index in [1.165, 1.54) is 73.0 Å². The Morgan fingerprint density at radius 1 is 0.654 bits per heavy atom. The van der Waals surface area contributed by atoms with Crippen LogP contribution < -0.4 is 0 Å². The van der Waals surface area contributed by atoms with Crippen LogP contribution in [0.15, 0.2) is 0 Å². The third kappa shape index (κ3) is 11.3. The Morgan fingerprint density at radius 2 is 1.08 bits per heavy atom. The number of hydrogen-bond donors (Lipinski definition) is 2. The molecule has 0 aliphatic carbocycles. The molecule has 0 N–H and O–H groups in total. The number of thioether (sulfide) groups is 6. The molecule has 0 amide bonds. The van der Waals surface area contributed by atoms with Gasteiger partial charge in [0.25, 0.3) is 0 Å². The van der Waals surface area contributed by atoms with E-state index in [1.54, 1.807) is 0 Å². The molecule has 2 fully saturated rings. The Hall–Kier alpha value is 2.80. The van der Waals surface area contributed by atoms with Gasteiger partial charge in [-0.15, -0.1) is 47.0 Å². The first kappa shape index (κ1) is 25.1. The van der Waals surface area contributed by atoms with Gasteiger partial charge in [0.1, 0.15) is 0 Å². The van der Waals surface area contributed by atoms with E-state index in [0.29, 0.717) is 0 Å². The molecule has 0 saturated carbocycles. The van der Waals surface area contributed by atoms with E-state index in [1.807, 2.05) is 0 Å². The molecule has 4 unspecified atom stereocenters. The van der Waals surface area contributed by atoms with Crippen LogP contribution in [-0.2, 0) is 0 Å². The highest BCUT2D eigenvalue weighted by molar-refractivity contribution is 8.22. The summed E-state index contributed by atoms with van der Waals surface area (Å²) in [7, 11) is 0. The molecule has 2 rings (SSSR count). The summed E-state index contributed by atoms with van der Waals surface area (Å²) >= 11 is 21.8. The van der Waals surface area contributed by atoms with E-state index < -0.39 is 0 Å². The summed E-state index contributed by atoms with van der Waals surface area (Å²) in [4.78, 5) is 0. The summed E-state index contributed by atoms with van der Waals surface area (Å²) in [5.74, 6) is 10.1. The van der Waals surface area contributed by atoms with Crippen LogP contribution in [0.3, 0.4) is 0 Å². The first-order valence-corrected chi connectivity index (χ1v) is 17.3. The van der Waals surface area contributed by atoms with E-state index in [2.05, 4.69) is 95.8 Å². The lowest BCUT2D eigenvalue weighted by atomic mass is 10.1. The molecular formula is C18H34S8. The Bertz CT molecular complexity index is 311. The molecule has 154 valence electrons. The molecular weight excluding hydrogens is 473 g/mol. The molecule has 0 radical (unpaired) electrons. The minimum Gasteiger partial charge on any atom is -0.178 e. The zero-order valence-electron chi connectivity index (χ0n) is 15.6. The van der Waals surface area contributed by atoms with Gasteiger partial charge in [0, 0.05) is 45.0 Å². The van der Waals surface area contributed by atoms with E-state index >= 15 is 0 Å². The summed E-state index contributed by atoms with van der Waals surface area (Å²) in [6, 6.07) is 0. The smallest absolute Gasteiger partial charge is 0.0596 e. The first-order chi connectivity index (χ1) is 12.8. The van der Waals surface area contributed by atoms with Crippen molar-refractivity contribution in [1.82, 2.24) is 0 Å². The second kappa shape index (κ2) is 16.5. The minimum atomic E-state index is 0.799. The maximum atomic E-state index is 4.42. The Kier molecular flexibility index (Phi) is 15.9. The molecule has 0 bridgehead atoms. The number of thiol groups is 2. The summed E-state index contributed by atoms with van der Waals surface area (Å²) in [5.41, 5.74) is 0. The van der Waals surface area contributed by atoms with Crippen molar-refractivity contribution in [3.8, 4) is 0 Å². The molecule has 0 spiro atoms. The molecule has 2 aliphatic rings. The van der Waals surface area contributed by atoms with E-state index in [0.717, 1.165) is 31.2 Å². The van der Waals surface area contributed by atoms with Gasteiger partial charge >= 0.3 is 0 Å². The quantitative estimate of drug-likeness (QED) is 0.180. The highest BCUT2D eigenvalue weighted by atomic mass is 32.2. The number of hydrogen-bond acceptors (Lipinski definition) is 8. The average Bonchev–Trinajstić information content (AvgIpc) is 3.31. The fraction of sp³-hybridized carbons (Fsp3) is 1.00. The van der Waals surface area contributed by atoms with Crippen LogP contribution in [0, 0.1) is 0 Å².